The van der Waals surface area contributed by atoms with Gasteiger partial charge in [0.2, 0.25) is 5.82 Å². The van der Waals surface area contributed by atoms with Crippen LogP contribution in [-0.4, -0.2) is 27.3 Å². The number of rotatable bonds is 4. The SMILES string of the molecule is CCOC(=O)c1nnc(C)n1CC1CCCC1C. The number of aryl methyl sites for hydroxylation is 1. The van der Waals surface area contributed by atoms with Gasteiger partial charge in [0.15, 0.2) is 0 Å². The van der Waals surface area contributed by atoms with E-state index in [0.29, 0.717) is 24.3 Å². The Kier molecular flexibility index (Phi) is 3.99. The summed E-state index contributed by atoms with van der Waals surface area (Å²) in [6.07, 6.45) is 3.78. The van der Waals surface area contributed by atoms with Crippen LogP contribution < -0.4 is 0 Å². The third-order valence-corrected chi connectivity index (χ3v) is 3.85. The maximum absolute atomic E-state index is 11.8. The molecule has 5 nitrogen and oxygen atoms in total. The topological polar surface area (TPSA) is 57.0 Å². The van der Waals surface area contributed by atoms with Gasteiger partial charge in [0, 0.05) is 6.54 Å². The molecule has 0 aromatic carbocycles. The molecule has 1 aromatic heterocycles. The zero-order valence-electron chi connectivity index (χ0n) is 11.3. The smallest absolute Gasteiger partial charge is 0.376 e. The van der Waals surface area contributed by atoms with Crippen molar-refractivity contribution in [3.8, 4) is 0 Å². The predicted molar refractivity (Wildman–Crippen MR) is 67.2 cm³/mol. The highest BCUT2D eigenvalue weighted by atomic mass is 16.5. The Morgan fingerprint density at radius 1 is 1.44 bits per heavy atom. The van der Waals surface area contributed by atoms with E-state index in [1.54, 1.807) is 6.92 Å². The Bertz CT molecular complexity index is 428. The minimum absolute atomic E-state index is 0.341. The maximum Gasteiger partial charge on any atom is 0.376 e. The lowest BCUT2D eigenvalue weighted by Crippen LogP contribution is -2.20. The number of carbonyl (C=O) groups is 1. The van der Waals surface area contributed by atoms with E-state index in [9.17, 15) is 4.79 Å². The molecule has 100 valence electrons. The second-order valence-electron chi connectivity index (χ2n) is 5.07. The first-order valence-corrected chi connectivity index (χ1v) is 6.70. The average Bonchev–Trinajstić information content (AvgIpc) is 2.89. The fourth-order valence-electron chi connectivity index (χ4n) is 2.67. The highest BCUT2D eigenvalue weighted by Crippen LogP contribution is 2.32. The summed E-state index contributed by atoms with van der Waals surface area (Å²) in [5.41, 5.74) is 0. The Balaban J connectivity index is 2.16. The van der Waals surface area contributed by atoms with E-state index in [-0.39, 0.29) is 5.97 Å². The molecule has 18 heavy (non-hydrogen) atoms. The fraction of sp³-hybridized carbons (Fsp3) is 0.769. The zero-order chi connectivity index (χ0) is 13.1. The average molecular weight is 251 g/mol. The van der Waals surface area contributed by atoms with Crippen LogP contribution in [0, 0.1) is 18.8 Å². The van der Waals surface area contributed by atoms with Gasteiger partial charge in [0.05, 0.1) is 6.61 Å². The molecule has 0 radical (unpaired) electrons. The van der Waals surface area contributed by atoms with Crippen LogP contribution in [0.15, 0.2) is 0 Å². The summed E-state index contributed by atoms with van der Waals surface area (Å²) in [4.78, 5) is 11.8. The van der Waals surface area contributed by atoms with Crippen LogP contribution in [0.5, 0.6) is 0 Å². The molecule has 1 heterocycles. The molecule has 0 bridgehead atoms. The summed E-state index contributed by atoms with van der Waals surface area (Å²) < 4.78 is 6.92. The monoisotopic (exact) mass is 251 g/mol. The molecule has 2 rings (SSSR count). The minimum atomic E-state index is -0.372. The molecule has 0 amide bonds. The van der Waals surface area contributed by atoms with Gasteiger partial charge in [-0.3, -0.25) is 0 Å². The molecule has 1 fully saturated rings. The van der Waals surface area contributed by atoms with Crippen molar-refractivity contribution >= 4 is 5.97 Å². The third kappa shape index (κ3) is 2.54. The molecule has 0 aliphatic heterocycles. The zero-order valence-corrected chi connectivity index (χ0v) is 11.3. The summed E-state index contributed by atoms with van der Waals surface area (Å²) in [7, 11) is 0. The second kappa shape index (κ2) is 5.50. The quantitative estimate of drug-likeness (QED) is 0.770. The van der Waals surface area contributed by atoms with Crippen molar-refractivity contribution in [2.75, 3.05) is 6.61 Å². The van der Waals surface area contributed by atoms with E-state index in [1.165, 1.54) is 19.3 Å². The van der Waals surface area contributed by atoms with Gasteiger partial charge in [-0.2, -0.15) is 0 Å². The summed E-state index contributed by atoms with van der Waals surface area (Å²) in [6, 6.07) is 0. The molecule has 2 atom stereocenters. The lowest BCUT2D eigenvalue weighted by molar-refractivity contribution is 0.0503. The van der Waals surface area contributed by atoms with Crippen LogP contribution in [0.2, 0.25) is 0 Å². The highest BCUT2D eigenvalue weighted by molar-refractivity contribution is 5.85. The van der Waals surface area contributed by atoms with Crippen molar-refractivity contribution in [1.82, 2.24) is 14.8 Å². The summed E-state index contributed by atoms with van der Waals surface area (Å²) >= 11 is 0. The number of carbonyl (C=O) groups excluding carboxylic acids is 1. The lowest BCUT2D eigenvalue weighted by Gasteiger charge is -2.17. The largest absolute Gasteiger partial charge is 0.460 e. The predicted octanol–water partition coefficient (Wildman–Crippen LogP) is 2.20. The minimum Gasteiger partial charge on any atom is -0.460 e. The summed E-state index contributed by atoms with van der Waals surface area (Å²) in [5.74, 6) is 2.09. The molecule has 5 heteroatoms. The van der Waals surface area contributed by atoms with E-state index in [1.807, 2.05) is 11.5 Å². The lowest BCUT2D eigenvalue weighted by atomic mass is 9.98. The van der Waals surface area contributed by atoms with E-state index in [0.717, 1.165) is 12.4 Å². The van der Waals surface area contributed by atoms with Crippen LogP contribution in [0.1, 0.15) is 49.6 Å². The molecule has 2 unspecified atom stereocenters. The second-order valence-corrected chi connectivity index (χ2v) is 5.07. The van der Waals surface area contributed by atoms with Crippen molar-refractivity contribution in [3.05, 3.63) is 11.6 Å². The Labute approximate surface area is 108 Å². The summed E-state index contributed by atoms with van der Waals surface area (Å²) in [5, 5.41) is 7.94. The van der Waals surface area contributed by atoms with Crippen molar-refractivity contribution in [3.63, 3.8) is 0 Å². The van der Waals surface area contributed by atoms with Crippen molar-refractivity contribution in [1.29, 1.82) is 0 Å². The van der Waals surface area contributed by atoms with Crippen LogP contribution in [0.25, 0.3) is 0 Å². The van der Waals surface area contributed by atoms with Gasteiger partial charge in [-0.1, -0.05) is 19.8 Å². The standard InChI is InChI=1S/C13H21N3O2/c1-4-18-13(17)12-15-14-10(3)16(12)8-11-7-5-6-9(11)2/h9,11H,4-8H2,1-3H3. The van der Waals surface area contributed by atoms with Gasteiger partial charge in [0.1, 0.15) is 5.82 Å². The van der Waals surface area contributed by atoms with Gasteiger partial charge >= 0.3 is 5.97 Å². The van der Waals surface area contributed by atoms with Gasteiger partial charge in [-0.05, 0) is 32.1 Å². The normalized spacial score (nSPS) is 23.3. The number of hydrogen-bond acceptors (Lipinski definition) is 4. The number of esters is 1. The van der Waals surface area contributed by atoms with E-state index >= 15 is 0 Å². The van der Waals surface area contributed by atoms with Crippen LogP contribution in [-0.2, 0) is 11.3 Å². The molecule has 1 saturated carbocycles. The fourth-order valence-corrected chi connectivity index (χ4v) is 2.67. The summed E-state index contributed by atoms with van der Waals surface area (Å²) in [6.45, 7) is 7.15. The Hall–Kier alpha value is -1.39. The first-order chi connectivity index (χ1) is 8.63. The molecule has 1 aromatic rings. The van der Waals surface area contributed by atoms with Gasteiger partial charge in [0.25, 0.3) is 0 Å². The molecule has 1 aliphatic carbocycles. The molecule has 0 N–H and O–H groups in total. The third-order valence-electron chi connectivity index (χ3n) is 3.85. The molecule has 0 spiro atoms. The van der Waals surface area contributed by atoms with Crippen molar-refractivity contribution < 1.29 is 9.53 Å². The van der Waals surface area contributed by atoms with Crippen LogP contribution in [0.4, 0.5) is 0 Å². The Morgan fingerprint density at radius 3 is 2.83 bits per heavy atom. The maximum atomic E-state index is 11.8. The highest BCUT2D eigenvalue weighted by Gasteiger charge is 2.27. The van der Waals surface area contributed by atoms with Crippen molar-refractivity contribution in [2.45, 2.75) is 46.6 Å². The number of hydrogen-bond donors (Lipinski definition) is 0. The molecular formula is C13H21N3O2. The van der Waals surface area contributed by atoms with Crippen LogP contribution in [0.3, 0.4) is 0 Å². The van der Waals surface area contributed by atoms with Gasteiger partial charge in [-0.15, -0.1) is 10.2 Å². The number of nitrogens with zero attached hydrogens (tertiary/aromatic N) is 3. The van der Waals surface area contributed by atoms with E-state index < -0.39 is 0 Å². The van der Waals surface area contributed by atoms with Gasteiger partial charge in [-0.25, -0.2) is 4.79 Å². The van der Waals surface area contributed by atoms with Crippen LogP contribution >= 0.6 is 0 Å². The van der Waals surface area contributed by atoms with Crippen molar-refractivity contribution in [2.24, 2.45) is 11.8 Å². The molecular weight excluding hydrogens is 230 g/mol. The van der Waals surface area contributed by atoms with Gasteiger partial charge < -0.3 is 9.30 Å². The van der Waals surface area contributed by atoms with E-state index in [2.05, 4.69) is 17.1 Å². The molecule has 1 aliphatic rings. The number of ether oxygens (including phenoxy) is 1. The number of aromatic nitrogens is 3. The van der Waals surface area contributed by atoms with E-state index in [4.69, 9.17) is 4.74 Å². The molecule has 0 saturated heterocycles. The first-order valence-electron chi connectivity index (χ1n) is 6.70. The Morgan fingerprint density at radius 2 is 2.22 bits per heavy atom. The first kappa shape index (κ1) is 13.1.